The average molecular weight is 401 g/mol. The fourth-order valence-corrected chi connectivity index (χ4v) is 4.42. The molecule has 0 N–H and O–H groups in total. The summed E-state index contributed by atoms with van der Waals surface area (Å²) in [6.07, 6.45) is 0. The second-order valence-corrected chi connectivity index (χ2v) is 7.19. The third-order valence-corrected chi connectivity index (χ3v) is 5.83. The molecule has 3 aromatic rings. The number of benzene rings is 1. The highest BCUT2D eigenvalue weighted by molar-refractivity contribution is 9.10. The highest BCUT2D eigenvalue weighted by atomic mass is 79.9. The van der Waals surface area contributed by atoms with Crippen LogP contribution in [0.4, 0.5) is 0 Å². The van der Waals surface area contributed by atoms with Gasteiger partial charge in [-0.2, -0.15) is 0 Å². The molecule has 0 radical (unpaired) electrons. The van der Waals surface area contributed by atoms with Crippen LogP contribution in [0.3, 0.4) is 0 Å². The Morgan fingerprint density at radius 1 is 1.00 bits per heavy atom. The molecule has 0 amide bonds. The van der Waals surface area contributed by atoms with Gasteiger partial charge < -0.3 is 0 Å². The Hall–Kier alpha value is -0.490. The maximum Gasteiger partial charge on any atom is 0.134 e. The fraction of sp³-hybridized carbons (Fsp3) is 0. The van der Waals surface area contributed by atoms with Crippen LogP contribution in [-0.2, 0) is 0 Å². The molecule has 90 valence electrons. The molecule has 0 unspecified atom stereocenters. The largest absolute Gasteiger partial charge is 0.235 e. The number of nitrogens with zero attached hydrogens (tertiary/aromatic N) is 1. The molecule has 5 heteroatoms. The van der Waals surface area contributed by atoms with Gasteiger partial charge in [0.25, 0.3) is 0 Å². The lowest BCUT2D eigenvalue weighted by atomic mass is 10.2. The van der Waals surface area contributed by atoms with Crippen molar-refractivity contribution in [3.63, 3.8) is 0 Å². The maximum atomic E-state index is 4.70. The van der Waals surface area contributed by atoms with Crippen LogP contribution in [0.15, 0.2) is 50.0 Å². The van der Waals surface area contributed by atoms with Crippen molar-refractivity contribution in [2.24, 2.45) is 0 Å². The molecular formula is C13H7Br2NS2. The van der Waals surface area contributed by atoms with Gasteiger partial charge in [-0.15, -0.1) is 22.7 Å². The average Bonchev–Trinajstić information content (AvgIpc) is 2.98. The zero-order chi connectivity index (χ0) is 12.5. The van der Waals surface area contributed by atoms with E-state index in [1.165, 1.54) is 4.88 Å². The summed E-state index contributed by atoms with van der Waals surface area (Å²) in [6, 6.07) is 10.3. The summed E-state index contributed by atoms with van der Waals surface area (Å²) in [5.74, 6) is 0. The smallest absolute Gasteiger partial charge is 0.134 e. The van der Waals surface area contributed by atoms with Crippen molar-refractivity contribution < 1.29 is 0 Å². The third-order valence-electron chi connectivity index (χ3n) is 2.43. The normalized spacial score (nSPS) is 10.8. The lowest BCUT2D eigenvalue weighted by Gasteiger charge is -1.98. The lowest BCUT2D eigenvalue weighted by Crippen LogP contribution is -1.79. The predicted molar refractivity (Wildman–Crippen MR) is 86.3 cm³/mol. The highest BCUT2D eigenvalue weighted by Crippen LogP contribution is 2.35. The summed E-state index contributed by atoms with van der Waals surface area (Å²) < 4.78 is 2.19. The number of hydrogen-bond acceptors (Lipinski definition) is 3. The van der Waals surface area contributed by atoms with E-state index in [0.29, 0.717) is 0 Å². The van der Waals surface area contributed by atoms with Crippen molar-refractivity contribution in [3.8, 4) is 21.1 Å². The maximum absolute atomic E-state index is 4.70. The molecule has 2 aromatic heterocycles. The van der Waals surface area contributed by atoms with Gasteiger partial charge in [0.1, 0.15) is 5.01 Å². The van der Waals surface area contributed by atoms with Crippen molar-refractivity contribution in [1.82, 2.24) is 4.98 Å². The number of aromatic nitrogens is 1. The van der Waals surface area contributed by atoms with Crippen LogP contribution < -0.4 is 0 Å². The quantitative estimate of drug-likeness (QED) is 0.509. The van der Waals surface area contributed by atoms with Crippen molar-refractivity contribution in [1.29, 1.82) is 0 Å². The van der Waals surface area contributed by atoms with E-state index in [0.717, 1.165) is 25.2 Å². The molecule has 0 aliphatic rings. The summed E-state index contributed by atoms with van der Waals surface area (Å²) in [7, 11) is 0. The van der Waals surface area contributed by atoms with Crippen LogP contribution >= 0.6 is 54.5 Å². The molecule has 0 aliphatic heterocycles. The highest BCUT2D eigenvalue weighted by Gasteiger charge is 2.10. The Kier molecular flexibility index (Phi) is 3.66. The predicted octanol–water partition coefficient (Wildman–Crippen LogP) is 6.06. The summed E-state index contributed by atoms with van der Waals surface area (Å²) >= 11 is 10.4. The van der Waals surface area contributed by atoms with Crippen molar-refractivity contribution in [2.75, 3.05) is 0 Å². The van der Waals surface area contributed by atoms with E-state index in [4.69, 9.17) is 4.98 Å². The van der Waals surface area contributed by atoms with Crippen LogP contribution in [-0.4, -0.2) is 4.98 Å². The van der Waals surface area contributed by atoms with Crippen LogP contribution in [0.5, 0.6) is 0 Å². The Balaban J connectivity index is 2.02. The van der Waals surface area contributed by atoms with Crippen LogP contribution in [0.1, 0.15) is 0 Å². The van der Waals surface area contributed by atoms with Gasteiger partial charge in [-0.05, 0) is 28.1 Å². The van der Waals surface area contributed by atoms with E-state index in [1.807, 2.05) is 18.2 Å². The minimum atomic E-state index is 1.02. The van der Waals surface area contributed by atoms with Crippen LogP contribution in [0.2, 0.25) is 0 Å². The Labute approximate surface area is 130 Å². The number of hydrogen-bond donors (Lipinski definition) is 0. The molecule has 1 aromatic carbocycles. The molecule has 0 fully saturated rings. The summed E-state index contributed by atoms with van der Waals surface area (Å²) in [5.41, 5.74) is 2.16. The van der Waals surface area contributed by atoms with E-state index in [2.05, 4.69) is 54.8 Å². The van der Waals surface area contributed by atoms with E-state index in [-0.39, 0.29) is 0 Å². The minimum Gasteiger partial charge on any atom is -0.235 e. The first kappa shape index (κ1) is 12.5. The monoisotopic (exact) mass is 399 g/mol. The van der Waals surface area contributed by atoms with Crippen molar-refractivity contribution in [3.05, 3.63) is 50.0 Å². The van der Waals surface area contributed by atoms with Crippen molar-refractivity contribution >= 4 is 54.5 Å². The number of thiazole rings is 1. The summed E-state index contributed by atoms with van der Waals surface area (Å²) in [4.78, 5) is 5.90. The third kappa shape index (κ3) is 2.45. The lowest BCUT2D eigenvalue weighted by molar-refractivity contribution is 1.41. The Bertz CT molecular complexity index is 688. The van der Waals surface area contributed by atoms with Gasteiger partial charge in [-0.3, -0.25) is 0 Å². The van der Waals surface area contributed by atoms with E-state index < -0.39 is 0 Å². The molecule has 0 saturated heterocycles. The molecular weight excluding hydrogens is 394 g/mol. The molecule has 2 heterocycles. The standard InChI is InChI=1S/C13H7Br2NS2/c14-8-5-12(17-6-8)13-16-11(7-18-13)9-3-1-2-4-10(9)15/h1-7H. The van der Waals surface area contributed by atoms with E-state index in [1.54, 1.807) is 22.7 Å². The summed E-state index contributed by atoms with van der Waals surface area (Å²) in [5, 5.41) is 5.24. The number of halogens is 2. The molecule has 0 bridgehead atoms. The Morgan fingerprint density at radius 3 is 2.56 bits per heavy atom. The first-order valence-electron chi connectivity index (χ1n) is 5.19. The first-order chi connectivity index (χ1) is 8.74. The van der Waals surface area contributed by atoms with Gasteiger partial charge in [0.05, 0.1) is 10.6 Å². The van der Waals surface area contributed by atoms with Gasteiger partial charge in [0.15, 0.2) is 0 Å². The zero-order valence-electron chi connectivity index (χ0n) is 9.06. The summed E-state index contributed by atoms with van der Waals surface area (Å²) in [6.45, 7) is 0. The van der Waals surface area contributed by atoms with Gasteiger partial charge in [0.2, 0.25) is 0 Å². The van der Waals surface area contributed by atoms with Gasteiger partial charge in [-0.25, -0.2) is 4.98 Å². The van der Waals surface area contributed by atoms with Gasteiger partial charge in [-0.1, -0.05) is 34.1 Å². The minimum absolute atomic E-state index is 1.02. The van der Waals surface area contributed by atoms with E-state index >= 15 is 0 Å². The second kappa shape index (κ2) is 5.25. The molecule has 0 aliphatic carbocycles. The molecule has 1 nitrogen and oxygen atoms in total. The molecule has 18 heavy (non-hydrogen) atoms. The van der Waals surface area contributed by atoms with Crippen LogP contribution in [0, 0.1) is 0 Å². The van der Waals surface area contributed by atoms with E-state index in [9.17, 15) is 0 Å². The Morgan fingerprint density at radius 2 is 1.83 bits per heavy atom. The number of thiophene rings is 1. The topological polar surface area (TPSA) is 12.9 Å². The molecule has 0 spiro atoms. The second-order valence-electron chi connectivity index (χ2n) is 3.65. The van der Waals surface area contributed by atoms with Crippen LogP contribution in [0.25, 0.3) is 21.1 Å². The van der Waals surface area contributed by atoms with Gasteiger partial charge in [0, 0.05) is 25.3 Å². The molecule has 3 rings (SSSR count). The first-order valence-corrected chi connectivity index (χ1v) is 8.53. The zero-order valence-corrected chi connectivity index (χ0v) is 13.9. The van der Waals surface area contributed by atoms with Gasteiger partial charge >= 0.3 is 0 Å². The SMILES string of the molecule is Brc1csc(-c2nc(-c3ccccc3Br)cs2)c1. The van der Waals surface area contributed by atoms with Crippen molar-refractivity contribution in [2.45, 2.75) is 0 Å². The number of rotatable bonds is 2. The fourth-order valence-electron chi connectivity index (χ4n) is 1.60. The molecule has 0 saturated carbocycles. The molecule has 0 atom stereocenters.